The van der Waals surface area contributed by atoms with E-state index in [0.717, 1.165) is 11.3 Å². The summed E-state index contributed by atoms with van der Waals surface area (Å²) in [6, 6.07) is 11.5. The maximum Gasteiger partial charge on any atom is 0.286 e. The van der Waals surface area contributed by atoms with Gasteiger partial charge in [-0.2, -0.15) is 4.99 Å². The first-order valence-corrected chi connectivity index (χ1v) is 8.22. The second kappa shape index (κ2) is 6.90. The van der Waals surface area contributed by atoms with E-state index in [1.165, 1.54) is 24.9 Å². The molecule has 0 atom stereocenters. The monoisotopic (exact) mass is 356 g/mol. The predicted octanol–water partition coefficient (Wildman–Crippen LogP) is 3.21. The Morgan fingerprint density at radius 2 is 1.88 bits per heavy atom. The van der Waals surface area contributed by atoms with Crippen molar-refractivity contribution in [2.24, 2.45) is 4.99 Å². The van der Waals surface area contributed by atoms with Crippen molar-refractivity contribution in [3.8, 4) is 17.2 Å². The number of phenols is 2. The third kappa shape index (κ3) is 3.61. The number of aromatic hydroxyl groups is 2. The molecule has 0 spiro atoms. The van der Waals surface area contributed by atoms with E-state index in [1.807, 2.05) is 0 Å². The summed E-state index contributed by atoms with van der Waals surface area (Å²) in [6.07, 6.45) is 1.70. The maximum absolute atomic E-state index is 12.2. The molecule has 2 aromatic carbocycles. The van der Waals surface area contributed by atoms with Crippen molar-refractivity contribution in [2.75, 3.05) is 19.1 Å². The minimum Gasteiger partial charge on any atom is -0.508 e. The molecule has 0 saturated heterocycles. The highest BCUT2D eigenvalue weighted by Crippen LogP contribution is 2.34. The van der Waals surface area contributed by atoms with Gasteiger partial charge in [-0.1, -0.05) is 6.07 Å². The van der Waals surface area contributed by atoms with Gasteiger partial charge in [0, 0.05) is 12.7 Å². The Morgan fingerprint density at radius 3 is 2.56 bits per heavy atom. The topological polar surface area (TPSA) is 82.4 Å². The number of aliphatic imine (C=N–C) groups is 1. The highest BCUT2D eigenvalue weighted by molar-refractivity contribution is 8.18. The Labute approximate surface area is 149 Å². The van der Waals surface area contributed by atoms with E-state index < -0.39 is 0 Å². The van der Waals surface area contributed by atoms with Gasteiger partial charge in [0.1, 0.15) is 5.75 Å². The molecule has 0 unspecified atom stereocenters. The number of rotatable bonds is 3. The largest absolute Gasteiger partial charge is 0.508 e. The number of thioether (sulfide) groups is 1. The van der Waals surface area contributed by atoms with Crippen LogP contribution in [0.3, 0.4) is 0 Å². The molecule has 1 aliphatic rings. The lowest BCUT2D eigenvalue weighted by Gasteiger charge is -2.17. The summed E-state index contributed by atoms with van der Waals surface area (Å²) in [7, 11) is 3.27. The number of carbonyl (C=O) groups is 1. The number of phenolic OH excluding ortho intramolecular Hbond substituents is 2. The van der Waals surface area contributed by atoms with E-state index in [4.69, 9.17) is 4.74 Å². The molecule has 6 nitrogen and oxygen atoms in total. The fourth-order valence-corrected chi connectivity index (χ4v) is 3.16. The molecule has 0 aliphatic carbocycles. The van der Waals surface area contributed by atoms with Gasteiger partial charge < -0.3 is 19.8 Å². The van der Waals surface area contributed by atoms with E-state index in [9.17, 15) is 15.0 Å². The summed E-state index contributed by atoms with van der Waals surface area (Å²) in [5.41, 5.74) is 1.54. The molecule has 3 rings (SSSR count). The van der Waals surface area contributed by atoms with Crippen LogP contribution in [0.15, 0.2) is 52.4 Å². The van der Waals surface area contributed by atoms with Crippen molar-refractivity contribution in [1.29, 1.82) is 0 Å². The average molecular weight is 356 g/mol. The Balaban J connectivity index is 1.81. The summed E-state index contributed by atoms with van der Waals surface area (Å²) >= 11 is 1.26. The molecule has 2 aromatic rings. The van der Waals surface area contributed by atoms with Crippen molar-refractivity contribution < 1.29 is 19.7 Å². The second-order valence-electron chi connectivity index (χ2n) is 5.32. The van der Waals surface area contributed by atoms with Crippen LogP contribution in [0.4, 0.5) is 5.69 Å². The van der Waals surface area contributed by atoms with E-state index in [2.05, 4.69) is 4.99 Å². The summed E-state index contributed by atoms with van der Waals surface area (Å²) in [5.74, 6) is 0.236. The van der Waals surface area contributed by atoms with Crippen LogP contribution in [0, 0.1) is 0 Å². The van der Waals surface area contributed by atoms with Gasteiger partial charge in [0.15, 0.2) is 16.7 Å². The van der Waals surface area contributed by atoms with Crippen molar-refractivity contribution in [3.05, 3.63) is 52.9 Å². The summed E-state index contributed by atoms with van der Waals surface area (Å²) in [4.78, 5) is 18.5. The smallest absolute Gasteiger partial charge is 0.286 e. The van der Waals surface area contributed by atoms with Gasteiger partial charge in [-0.05, 0) is 59.8 Å². The molecule has 1 heterocycles. The normalized spacial score (nSPS) is 15.4. The Hall–Kier alpha value is -2.93. The number of amidine groups is 1. The summed E-state index contributed by atoms with van der Waals surface area (Å²) in [5, 5.41) is 19.6. The van der Waals surface area contributed by atoms with Crippen molar-refractivity contribution in [2.45, 2.75) is 0 Å². The zero-order valence-corrected chi connectivity index (χ0v) is 14.4. The summed E-state index contributed by atoms with van der Waals surface area (Å²) < 4.78 is 5.08. The number of methoxy groups -OCH3 is 1. The molecule has 0 saturated carbocycles. The highest BCUT2D eigenvalue weighted by atomic mass is 32.2. The van der Waals surface area contributed by atoms with Gasteiger partial charge in [-0.15, -0.1) is 0 Å². The quantitative estimate of drug-likeness (QED) is 0.822. The van der Waals surface area contributed by atoms with Gasteiger partial charge in [-0.25, -0.2) is 0 Å². The number of hydrogen-bond donors (Lipinski definition) is 2. The first-order chi connectivity index (χ1) is 12.0. The van der Waals surface area contributed by atoms with Crippen LogP contribution in [0.5, 0.6) is 17.2 Å². The fourth-order valence-electron chi connectivity index (χ4n) is 2.26. The van der Waals surface area contributed by atoms with Gasteiger partial charge in [0.25, 0.3) is 5.91 Å². The number of nitrogens with zero attached hydrogens (tertiary/aromatic N) is 2. The predicted molar refractivity (Wildman–Crippen MR) is 99.2 cm³/mol. The molecule has 0 radical (unpaired) electrons. The molecular formula is C18H16N2O4S. The van der Waals surface area contributed by atoms with Crippen molar-refractivity contribution in [1.82, 2.24) is 0 Å². The van der Waals surface area contributed by atoms with E-state index in [0.29, 0.717) is 15.8 Å². The molecule has 1 amide bonds. The van der Waals surface area contributed by atoms with Crippen LogP contribution in [0.2, 0.25) is 0 Å². The van der Waals surface area contributed by atoms with Crippen LogP contribution in [0.25, 0.3) is 6.08 Å². The SMILES string of the molecule is COc1cc(C=C2SC(N(C)c3ccc(O)cc3)=NC2=O)ccc1O. The fraction of sp³-hybridized carbons (Fsp3) is 0.111. The average Bonchev–Trinajstić information content (AvgIpc) is 2.97. The first kappa shape index (κ1) is 16.9. The standard InChI is InChI=1S/C18H16N2O4S/c1-20(12-4-6-13(21)7-5-12)18-19-17(23)16(25-18)10-11-3-8-14(22)15(9-11)24-2/h3-10,21-22H,1-2H3. The Morgan fingerprint density at radius 1 is 1.16 bits per heavy atom. The first-order valence-electron chi connectivity index (χ1n) is 7.40. The van der Waals surface area contributed by atoms with Crippen LogP contribution in [-0.4, -0.2) is 35.4 Å². The van der Waals surface area contributed by atoms with E-state index in [1.54, 1.807) is 54.4 Å². The number of hydrogen-bond acceptors (Lipinski definition) is 6. The lowest BCUT2D eigenvalue weighted by atomic mass is 10.2. The zero-order chi connectivity index (χ0) is 18.0. The van der Waals surface area contributed by atoms with Gasteiger partial charge in [0.2, 0.25) is 0 Å². The minimum absolute atomic E-state index is 0.0408. The highest BCUT2D eigenvalue weighted by Gasteiger charge is 2.25. The molecule has 1 aliphatic heterocycles. The van der Waals surface area contributed by atoms with Gasteiger partial charge >= 0.3 is 0 Å². The lowest BCUT2D eigenvalue weighted by molar-refractivity contribution is -0.113. The molecule has 2 N–H and O–H groups in total. The van der Waals surface area contributed by atoms with Gasteiger partial charge in [0.05, 0.1) is 12.0 Å². The van der Waals surface area contributed by atoms with Gasteiger partial charge in [-0.3, -0.25) is 4.79 Å². The molecule has 0 fully saturated rings. The van der Waals surface area contributed by atoms with Crippen molar-refractivity contribution in [3.63, 3.8) is 0 Å². The van der Waals surface area contributed by atoms with Crippen LogP contribution in [0.1, 0.15) is 5.56 Å². The summed E-state index contributed by atoms with van der Waals surface area (Å²) in [6.45, 7) is 0. The lowest BCUT2D eigenvalue weighted by Crippen LogP contribution is -2.21. The molecule has 7 heteroatoms. The zero-order valence-electron chi connectivity index (χ0n) is 13.6. The number of carbonyl (C=O) groups excluding carboxylic acids is 1. The van der Waals surface area contributed by atoms with E-state index in [-0.39, 0.29) is 17.4 Å². The second-order valence-corrected chi connectivity index (χ2v) is 6.33. The molecular weight excluding hydrogens is 340 g/mol. The third-order valence-electron chi connectivity index (χ3n) is 3.63. The Bertz CT molecular complexity index is 875. The van der Waals surface area contributed by atoms with Crippen LogP contribution in [-0.2, 0) is 4.79 Å². The van der Waals surface area contributed by atoms with E-state index >= 15 is 0 Å². The van der Waals surface area contributed by atoms with Crippen molar-refractivity contribution >= 4 is 34.6 Å². The molecule has 0 bridgehead atoms. The Kier molecular flexibility index (Phi) is 4.67. The minimum atomic E-state index is -0.322. The van der Waals surface area contributed by atoms with Crippen LogP contribution < -0.4 is 9.64 Å². The number of ether oxygens (including phenoxy) is 1. The number of amides is 1. The number of anilines is 1. The number of benzene rings is 2. The molecule has 25 heavy (non-hydrogen) atoms. The van der Waals surface area contributed by atoms with Crippen LogP contribution >= 0.6 is 11.8 Å². The maximum atomic E-state index is 12.2. The molecule has 128 valence electrons. The molecule has 0 aromatic heterocycles. The third-order valence-corrected chi connectivity index (χ3v) is 4.69.